The highest BCUT2D eigenvalue weighted by Gasteiger charge is 2.44. The third kappa shape index (κ3) is 5.48. The van der Waals surface area contributed by atoms with Gasteiger partial charge < -0.3 is 9.80 Å². The van der Waals surface area contributed by atoms with Gasteiger partial charge in [0.25, 0.3) is 0 Å². The van der Waals surface area contributed by atoms with Gasteiger partial charge in [0.05, 0.1) is 11.4 Å². The maximum atomic E-state index is 2.59. The van der Waals surface area contributed by atoms with E-state index in [1.54, 1.807) is 0 Å². The van der Waals surface area contributed by atoms with Crippen molar-refractivity contribution in [2.24, 2.45) is 0 Å². The minimum Gasteiger partial charge on any atom is -0.313 e. The Kier molecular flexibility index (Phi) is 8.61. The van der Waals surface area contributed by atoms with Crippen molar-refractivity contribution in [2.75, 3.05) is 9.80 Å². The molecule has 0 bridgehead atoms. The summed E-state index contributed by atoms with van der Waals surface area (Å²) in [6.07, 6.45) is 6.69. The van der Waals surface area contributed by atoms with Crippen LogP contribution in [0.2, 0.25) is 0 Å². The number of rotatable bonds is 6. The molecule has 0 amide bonds. The molecule has 0 saturated heterocycles. The number of hydrogen-bond acceptors (Lipinski definition) is 2. The highest BCUT2D eigenvalue weighted by Crippen LogP contribution is 2.61. The van der Waals surface area contributed by atoms with Crippen LogP contribution in [0.4, 0.5) is 28.4 Å². The monoisotopic (exact) mass is 802 g/mol. The molecule has 2 heteroatoms. The molecule has 62 heavy (non-hydrogen) atoms. The average molecular weight is 803 g/mol. The van der Waals surface area contributed by atoms with E-state index < -0.39 is 0 Å². The molecule has 0 saturated carbocycles. The summed E-state index contributed by atoms with van der Waals surface area (Å²) < 4.78 is 0. The van der Waals surface area contributed by atoms with Crippen LogP contribution in [0.25, 0.3) is 43.8 Å². The van der Waals surface area contributed by atoms with E-state index in [0.29, 0.717) is 0 Å². The summed E-state index contributed by atoms with van der Waals surface area (Å²) in [7, 11) is 0. The number of fused-ring (bicyclic) bond motifs is 10. The Labute approximate surface area is 367 Å². The molecule has 8 aromatic carbocycles. The first-order chi connectivity index (χ1) is 30.0. The average Bonchev–Trinajstić information content (AvgIpc) is 3.64. The van der Waals surface area contributed by atoms with Crippen LogP contribution in [0.15, 0.2) is 169 Å². The smallest absolute Gasteiger partial charge is 0.0546 e. The number of para-hydroxylation sites is 3. The van der Waals surface area contributed by atoms with Crippen molar-refractivity contribution in [3.05, 3.63) is 208 Å². The molecular formula is C60H54N2. The van der Waals surface area contributed by atoms with Crippen LogP contribution in [0.3, 0.4) is 0 Å². The number of nitrogens with zero attached hydrogens (tertiary/aromatic N) is 2. The van der Waals surface area contributed by atoms with Crippen LogP contribution in [-0.2, 0) is 10.8 Å². The Morgan fingerprint density at radius 3 is 1.23 bits per heavy atom. The first-order valence-electron chi connectivity index (χ1n) is 22.4. The third-order valence-corrected chi connectivity index (χ3v) is 14.6. The quantitative estimate of drug-likeness (QED) is 0.165. The van der Waals surface area contributed by atoms with Gasteiger partial charge in [-0.1, -0.05) is 143 Å². The predicted molar refractivity (Wildman–Crippen MR) is 265 cm³/mol. The second-order valence-electron chi connectivity index (χ2n) is 19.0. The second kappa shape index (κ2) is 13.9. The molecule has 2 nitrogen and oxygen atoms in total. The van der Waals surface area contributed by atoms with Crippen LogP contribution in [0.1, 0.15) is 86.4 Å². The lowest BCUT2D eigenvalue weighted by Crippen LogP contribution is -2.21. The van der Waals surface area contributed by atoms with E-state index in [2.05, 4.69) is 223 Å². The Morgan fingerprint density at radius 2 is 0.790 bits per heavy atom. The summed E-state index contributed by atoms with van der Waals surface area (Å²) in [5.41, 5.74) is 23.2. The van der Waals surface area contributed by atoms with Gasteiger partial charge in [0.2, 0.25) is 0 Å². The van der Waals surface area contributed by atoms with Crippen molar-refractivity contribution in [3.63, 3.8) is 0 Å². The van der Waals surface area contributed by atoms with Crippen LogP contribution in [0, 0.1) is 20.8 Å². The van der Waals surface area contributed by atoms with Gasteiger partial charge in [0, 0.05) is 44.4 Å². The molecule has 0 spiro atoms. The molecule has 0 N–H and O–H groups in total. The van der Waals surface area contributed by atoms with Crippen LogP contribution >= 0.6 is 0 Å². The molecule has 3 aliphatic rings. The minimum atomic E-state index is -0.232. The Bertz CT molecular complexity index is 3200. The maximum Gasteiger partial charge on any atom is 0.0546 e. The first kappa shape index (κ1) is 38.3. The van der Waals surface area contributed by atoms with Crippen molar-refractivity contribution >= 4 is 50.0 Å². The fraction of sp³-hybridized carbons (Fsp3) is 0.200. The van der Waals surface area contributed by atoms with Crippen molar-refractivity contribution in [1.82, 2.24) is 0 Å². The molecule has 0 fully saturated rings. The molecule has 0 atom stereocenters. The van der Waals surface area contributed by atoms with Gasteiger partial charge >= 0.3 is 0 Å². The fourth-order valence-corrected chi connectivity index (χ4v) is 11.5. The zero-order valence-electron chi connectivity index (χ0n) is 37.3. The van der Waals surface area contributed by atoms with Crippen LogP contribution < -0.4 is 9.80 Å². The fourth-order valence-electron chi connectivity index (χ4n) is 11.5. The molecule has 11 rings (SSSR count). The first-order valence-corrected chi connectivity index (χ1v) is 22.4. The normalized spacial score (nSPS) is 15.4. The van der Waals surface area contributed by atoms with Crippen LogP contribution in [0.5, 0.6) is 0 Å². The number of benzene rings is 8. The van der Waals surface area contributed by atoms with Crippen molar-refractivity contribution < 1.29 is 0 Å². The second-order valence-corrected chi connectivity index (χ2v) is 19.0. The SMILES string of the molecule is CC1=C(N(c2ccccc2C)c2cc3c(c4ccccc24)C(C)(C)c2cc4c(cc2-3)C(C)(C)c2c-4cc(N(c3ccccc3C)c3ccccc3C)c3ccccc23)CCC=C1. The number of hydrogen-bond donors (Lipinski definition) is 0. The molecular weight excluding hydrogens is 749 g/mol. The molecule has 0 radical (unpaired) electrons. The summed E-state index contributed by atoms with van der Waals surface area (Å²) in [5.74, 6) is 0. The van der Waals surface area contributed by atoms with Crippen molar-refractivity contribution in [1.29, 1.82) is 0 Å². The van der Waals surface area contributed by atoms with E-state index in [1.807, 2.05) is 0 Å². The van der Waals surface area contributed by atoms with E-state index in [4.69, 9.17) is 0 Å². The highest BCUT2D eigenvalue weighted by molar-refractivity contribution is 6.10. The summed E-state index contributed by atoms with van der Waals surface area (Å²) in [5, 5.41) is 5.23. The molecule has 0 aliphatic heterocycles. The Hall–Kier alpha value is -6.64. The number of allylic oxidation sites excluding steroid dienone is 4. The Morgan fingerprint density at radius 1 is 0.403 bits per heavy atom. The van der Waals surface area contributed by atoms with Crippen molar-refractivity contribution in [3.8, 4) is 22.3 Å². The summed E-state index contributed by atoms with van der Waals surface area (Å²) in [6, 6.07) is 55.1. The minimum absolute atomic E-state index is 0.227. The van der Waals surface area contributed by atoms with Gasteiger partial charge in [-0.2, -0.15) is 0 Å². The molecule has 0 aromatic heterocycles. The lowest BCUT2D eigenvalue weighted by molar-refractivity contribution is 0.657. The molecule has 304 valence electrons. The summed E-state index contributed by atoms with van der Waals surface area (Å²) in [6.45, 7) is 18.8. The van der Waals surface area contributed by atoms with Gasteiger partial charge in [0.15, 0.2) is 0 Å². The van der Waals surface area contributed by atoms with E-state index in [9.17, 15) is 0 Å². The van der Waals surface area contributed by atoms with E-state index in [-0.39, 0.29) is 10.8 Å². The zero-order valence-corrected chi connectivity index (χ0v) is 37.3. The molecule has 8 aromatic rings. The Balaban J connectivity index is 1.18. The number of aryl methyl sites for hydroxylation is 3. The summed E-state index contributed by atoms with van der Waals surface area (Å²) in [4.78, 5) is 5.11. The summed E-state index contributed by atoms with van der Waals surface area (Å²) >= 11 is 0. The molecule has 0 heterocycles. The number of anilines is 5. The molecule has 0 unspecified atom stereocenters. The zero-order chi connectivity index (χ0) is 42.7. The van der Waals surface area contributed by atoms with Crippen LogP contribution in [-0.4, -0.2) is 0 Å². The molecule has 3 aliphatic carbocycles. The maximum absolute atomic E-state index is 2.59. The lowest BCUT2D eigenvalue weighted by atomic mass is 9.78. The van der Waals surface area contributed by atoms with Gasteiger partial charge in [-0.25, -0.2) is 0 Å². The van der Waals surface area contributed by atoms with Gasteiger partial charge in [-0.05, 0) is 161 Å². The largest absolute Gasteiger partial charge is 0.313 e. The standard InChI is InChI=1S/C60H54N2/c1-37-21-9-17-29-51(37)61(52-30-18-10-22-38(52)2)55-35-47-45-33-50-46(34-49(45)59(5,6)57(47)43-27-15-13-25-41(43)55)48-36-56(42-26-14-16-28-44(42)58(48)60(50,7)8)62(53-31-19-11-23-39(53)3)54-32-20-12-24-40(54)4/h9-19,21-31,33-36H,20,32H2,1-8H3. The van der Waals surface area contributed by atoms with E-state index in [0.717, 1.165) is 12.8 Å². The van der Waals surface area contributed by atoms with Gasteiger partial charge in [0.1, 0.15) is 0 Å². The topological polar surface area (TPSA) is 6.48 Å². The van der Waals surface area contributed by atoms with Crippen molar-refractivity contribution in [2.45, 2.75) is 79.1 Å². The predicted octanol–water partition coefficient (Wildman–Crippen LogP) is 16.8. The van der Waals surface area contributed by atoms with Gasteiger partial charge in [-0.15, -0.1) is 0 Å². The van der Waals surface area contributed by atoms with E-state index >= 15 is 0 Å². The van der Waals surface area contributed by atoms with E-state index in [1.165, 1.54) is 122 Å². The third-order valence-electron chi connectivity index (χ3n) is 14.6. The van der Waals surface area contributed by atoms with Gasteiger partial charge in [-0.3, -0.25) is 0 Å². The lowest BCUT2D eigenvalue weighted by Gasteiger charge is -2.34. The highest BCUT2D eigenvalue weighted by atomic mass is 15.2.